The van der Waals surface area contributed by atoms with E-state index in [0.717, 1.165) is 11.8 Å². The Bertz CT molecular complexity index is 983. The molecule has 0 aromatic heterocycles. The molecular weight excluding hydrogens is 390 g/mol. The van der Waals surface area contributed by atoms with Gasteiger partial charge >= 0.3 is 0 Å². The molecule has 1 heterocycles. The van der Waals surface area contributed by atoms with Gasteiger partial charge in [-0.2, -0.15) is 8.42 Å². The van der Waals surface area contributed by atoms with E-state index in [-0.39, 0.29) is 21.7 Å². The Morgan fingerprint density at radius 3 is 2.48 bits per heavy atom. The number of carbonyl (C=O) groups excluding carboxylic acids is 1. The highest BCUT2D eigenvalue weighted by Gasteiger charge is 2.24. The zero-order valence-electron chi connectivity index (χ0n) is 14.6. The zero-order valence-corrected chi connectivity index (χ0v) is 16.2. The quantitative estimate of drug-likeness (QED) is 0.784. The number of carbonyl (C=O) groups is 1. The van der Waals surface area contributed by atoms with Crippen molar-refractivity contribution in [2.75, 3.05) is 30.6 Å². The van der Waals surface area contributed by atoms with Crippen molar-refractivity contribution in [3.8, 4) is 11.5 Å². The van der Waals surface area contributed by atoms with Gasteiger partial charge in [0, 0.05) is 23.9 Å². The molecule has 2 aromatic carbocycles. The molecule has 2 aromatic rings. The summed E-state index contributed by atoms with van der Waals surface area (Å²) in [5.74, 6) is 0.732. The number of fused-ring (bicyclic) bond motifs is 1. The molecule has 0 atom stereocenters. The fourth-order valence-corrected chi connectivity index (χ4v) is 4.40. The van der Waals surface area contributed by atoms with E-state index in [9.17, 15) is 13.2 Å². The van der Waals surface area contributed by atoms with Gasteiger partial charge in [-0.15, -0.1) is 4.40 Å². The Morgan fingerprint density at radius 1 is 1.15 bits per heavy atom. The molecule has 0 aliphatic carbocycles. The molecule has 0 saturated heterocycles. The Labute approximate surface area is 161 Å². The number of nitrogens with zero attached hydrogens (tertiary/aromatic N) is 1. The molecule has 0 unspecified atom stereocenters. The van der Waals surface area contributed by atoms with E-state index in [0.29, 0.717) is 22.9 Å². The predicted molar refractivity (Wildman–Crippen MR) is 105 cm³/mol. The number of hydrogen-bond acceptors (Lipinski definition) is 7. The van der Waals surface area contributed by atoms with Gasteiger partial charge in [-0.25, -0.2) is 0 Å². The van der Waals surface area contributed by atoms with Gasteiger partial charge < -0.3 is 20.1 Å². The summed E-state index contributed by atoms with van der Waals surface area (Å²) in [4.78, 5) is 12.3. The number of nitrogens with one attached hydrogen (secondary N) is 2. The molecule has 142 valence electrons. The average Bonchev–Trinajstić information content (AvgIpc) is 2.65. The van der Waals surface area contributed by atoms with Crippen LogP contribution in [0.1, 0.15) is 0 Å². The molecule has 3 rings (SSSR count). The highest BCUT2D eigenvalue weighted by molar-refractivity contribution is 8.15. The average molecular weight is 407 g/mol. The number of para-hydroxylation sites is 1. The Morgan fingerprint density at radius 2 is 1.81 bits per heavy atom. The lowest BCUT2D eigenvalue weighted by molar-refractivity contribution is -0.113. The summed E-state index contributed by atoms with van der Waals surface area (Å²) >= 11 is 0.996. The molecule has 8 nitrogen and oxygen atoms in total. The van der Waals surface area contributed by atoms with Gasteiger partial charge in [-0.3, -0.25) is 4.79 Å². The topological polar surface area (TPSA) is 106 Å². The first-order valence-electron chi connectivity index (χ1n) is 7.78. The summed E-state index contributed by atoms with van der Waals surface area (Å²) in [5, 5.41) is 5.79. The van der Waals surface area contributed by atoms with E-state index in [1.54, 1.807) is 36.4 Å². The van der Waals surface area contributed by atoms with Crippen molar-refractivity contribution in [1.29, 1.82) is 0 Å². The minimum Gasteiger partial charge on any atom is -0.497 e. The van der Waals surface area contributed by atoms with E-state index >= 15 is 0 Å². The van der Waals surface area contributed by atoms with Crippen molar-refractivity contribution in [3.63, 3.8) is 0 Å². The number of amidine groups is 1. The maximum atomic E-state index is 12.2. The lowest BCUT2D eigenvalue weighted by Gasteiger charge is -2.17. The summed E-state index contributed by atoms with van der Waals surface area (Å²) in [5.41, 5.74) is 0.946. The molecule has 0 bridgehead atoms. The highest BCUT2D eigenvalue weighted by Crippen LogP contribution is 2.29. The van der Waals surface area contributed by atoms with Crippen molar-refractivity contribution in [3.05, 3.63) is 42.5 Å². The third kappa shape index (κ3) is 4.52. The smallest absolute Gasteiger partial charge is 0.286 e. The first-order chi connectivity index (χ1) is 12.9. The van der Waals surface area contributed by atoms with Crippen LogP contribution in [0.4, 0.5) is 11.4 Å². The maximum absolute atomic E-state index is 12.2. The Kier molecular flexibility index (Phi) is 5.57. The van der Waals surface area contributed by atoms with Crippen LogP contribution in [0, 0.1) is 0 Å². The summed E-state index contributed by atoms with van der Waals surface area (Å²) in [6.45, 7) is 0. The van der Waals surface area contributed by atoms with Crippen LogP contribution in [-0.2, 0) is 14.8 Å². The van der Waals surface area contributed by atoms with Gasteiger partial charge in [0.25, 0.3) is 10.0 Å². The van der Waals surface area contributed by atoms with Crippen molar-refractivity contribution < 1.29 is 22.7 Å². The molecule has 0 radical (unpaired) electrons. The van der Waals surface area contributed by atoms with E-state index in [4.69, 9.17) is 9.47 Å². The standard InChI is InChI=1S/C17H17N3O5S2/c1-24-12-7-11(8-13(9-12)25-2)18-16(21)10-26-17-19-14-5-3-4-6-15(14)27(22,23)20-17/h3-9H,10H2,1-2H3,(H,18,21)(H,19,20). The van der Waals surface area contributed by atoms with Crippen LogP contribution in [-0.4, -0.2) is 39.5 Å². The molecule has 27 heavy (non-hydrogen) atoms. The van der Waals surface area contributed by atoms with E-state index in [2.05, 4.69) is 15.0 Å². The van der Waals surface area contributed by atoms with E-state index < -0.39 is 10.0 Å². The van der Waals surface area contributed by atoms with Gasteiger partial charge in [0.05, 0.1) is 25.7 Å². The SMILES string of the molecule is COc1cc(NC(=O)CSC2=NS(=O)(=O)c3ccccc3N2)cc(OC)c1. The van der Waals surface area contributed by atoms with Crippen molar-refractivity contribution in [2.24, 2.45) is 4.40 Å². The van der Waals surface area contributed by atoms with E-state index in [1.807, 2.05) is 0 Å². The van der Waals surface area contributed by atoms with Gasteiger partial charge in [0.1, 0.15) is 16.4 Å². The fourth-order valence-electron chi connectivity index (χ4n) is 2.36. The molecule has 0 spiro atoms. The lowest BCUT2D eigenvalue weighted by atomic mass is 10.2. The molecule has 1 amide bonds. The number of rotatable bonds is 5. The molecule has 0 fully saturated rings. The largest absolute Gasteiger partial charge is 0.497 e. The normalized spacial score (nSPS) is 14.4. The van der Waals surface area contributed by atoms with Crippen LogP contribution in [0.15, 0.2) is 51.8 Å². The van der Waals surface area contributed by atoms with Gasteiger partial charge in [-0.1, -0.05) is 23.9 Å². The van der Waals surface area contributed by atoms with Gasteiger partial charge in [0.2, 0.25) is 5.91 Å². The Hall–Kier alpha value is -2.72. The van der Waals surface area contributed by atoms with Crippen molar-refractivity contribution >= 4 is 44.2 Å². The van der Waals surface area contributed by atoms with Crippen LogP contribution in [0.3, 0.4) is 0 Å². The number of amides is 1. The van der Waals surface area contributed by atoms with Crippen LogP contribution < -0.4 is 20.1 Å². The highest BCUT2D eigenvalue weighted by atomic mass is 32.2. The van der Waals surface area contributed by atoms with Crippen LogP contribution >= 0.6 is 11.8 Å². The van der Waals surface area contributed by atoms with Crippen molar-refractivity contribution in [1.82, 2.24) is 0 Å². The summed E-state index contributed by atoms with van der Waals surface area (Å²) in [6.07, 6.45) is 0. The van der Waals surface area contributed by atoms with Gasteiger partial charge in [-0.05, 0) is 12.1 Å². The van der Waals surface area contributed by atoms with Crippen molar-refractivity contribution in [2.45, 2.75) is 4.90 Å². The first kappa shape index (κ1) is 19.1. The summed E-state index contributed by atoms with van der Waals surface area (Å²) < 4.78 is 38.4. The molecule has 1 aliphatic heterocycles. The molecule has 10 heteroatoms. The number of anilines is 2. The molecule has 2 N–H and O–H groups in total. The number of sulfonamides is 1. The summed E-state index contributed by atoms with van der Waals surface area (Å²) in [6, 6.07) is 11.5. The lowest BCUT2D eigenvalue weighted by Crippen LogP contribution is -2.22. The fraction of sp³-hybridized carbons (Fsp3) is 0.176. The van der Waals surface area contributed by atoms with Gasteiger partial charge in [0.15, 0.2) is 5.17 Å². The predicted octanol–water partition coefficient (Wildman–Crippen LogP) is 2.55. The third-order valence-electron chi connectivity index (χ3n) is 3.58. The zero-order chi connectivity index (χ0) is 19.4. The Balaban J connectivity index is 1.66. The second-order valence-electron chi connectivity index (χ2n) is 5.43. The molecular formula is C17H17N3O5S2. The monoisotopic (exact) mass is 407 g/mol. The molecule has 0 saturated carbocycles. The van der Waals surface area contributed by atoms with Crippen LogP contribution in [0.2, 0.25) is 0 Å². The third-order valence-corrected chi connectivity index (χ3v) is 5.91. The molecule has 1 aliphatic rings. The number of methoxy groups -OCH3 is 2. The number of benzene rings is 2. The minimum absolute atomic E-state index is 0.0248. The number of hydrogen-bond donors (Lipinski definition) is 2. The number of thioether (sulfide) groups is 1. The first-order valence-corrected chi connectivity index (χ1v) is 10.2. The summed E-state index contributed by atoms with van der Waals surface area (Å²) in [7, 11) is -0.746. The van der Waals surface area contributed by atoms with Crippen LogP contribution in [0.25, 0.3) is 0 Å². The maximum Gasteiger partial charge on any atom is 0.286 e. The van der Waals surface area contributed by atoms with Crippen LogP contribution in [0.5, 0.6) is 11.5 Å². The number of ether oxygens (including phenoxy) is 2. The second-order valence-corrected chi connectivity index (χ2v) is 7.97. The minimum atomic E-state index is -3.78. The van der Waals surface area contributed by atoms with E-state index in [1.165, 1.54) is 20.3 Å². The second kappa shape index (κ2) is 7.89.